The zero-order valence-electron chi connectivity index (χ0n) is 24.5. The third-order valence-electron chi connectivity index (χ3n) is 7.31. The summed E-state index contributed by atoms with van der Waals surface area (Å²) >= 11 is 20.2. The molecular weight excluding hydrogens is 651 g/mol. The molecule has 1 aliphatic heterocycles. The zero-order chi connectivity index (χ0) is 31.8. The molecule has 234 valence electrons. The Kier molecular flexibility index (Phi) is 11.5. The summed E-state index contributed by atoms with van der Waals surface area (Å²) in [6.45, 7) is 3.61. The van der Waals surface area contributed by atoms with E-state index in [0.29, 0.717) is 66.4 Å². The number of anilines is 3. The van der Waals surface area contributed by atoms with Gasteiger partial charge in [0.15, 0.2) is 0 Å². The van der Waals surface area contributed by atoms with Gasteiger partial charge in [0.2, 0.25) is 5.91 Å². The number of halogens is 3. The first-order chi connectivity index (χ1) is 21.7. The number of piperazine rings is 1. The minimum atomic E-state index is -0.234. The Morgan fingerprint density at radius 1 is 0.822 bits per heavy atom. The molecule has 45 heavy (non-hydrogen) atoms. The maximum absolute atomic E-state index is 13.0. The van der Waals surface area contributed by atoms with Crippen molar-refractivity contribution in [3.8, 4) is 0 Å². The molecule has 0 unspecified atom stereocenters. The standard InChI is InChI=1S/C33H33Cl3N6O2S/c34-24-6-3-5-23(21-24)22-42(45-30-10-2-1-9-29(30)37)16-15-31(43)38-25-11-13-26(14-12-25)40-17-19-41(20-18-40)33(44)39-32-27(35)7-4-8-28(32)36/h1-14,21H,15-20,22,37H2,(H,38,43)(H,39,44)/p+1. The van der Waals surface area contributed by atoms with Gasteiger partial charge in [-0.25, -0.2) is 9.10 Å². The van der Waals surface area contributed by atoms with Crippen LogP contribution in [0.2, 0.25) is 15.1 Å². The van der Waals surface area contributed by atoms with Crippen LogP contribution in [0, 0.1) is 0 Å². The average molecular weight is 685 g/mol. The Morgan fingerprint density at radius 3 is 2.20 bits per heavy atom. The van der Waals surface area contributed by atoms with E-state index in [1.807, 2.05) is 72.8 Å². The third kappa shape index (κ3) is 9.29. The van der Waals surface area contributed by atoms with Crippen LogP contribution in [0.4, 0.5) is 27.5 Å². The second-order valence-corrected chi connectivity index (χ2v) is 12.9. The smallest absolute Gasteiger partial charge is 0.322 e. The molecule has 0 aliphatic carbocycles. The van der Waals surface area contributed by atoms with Crippen molar-refractivity contribution in [2.45, 2.75) is 17.9 Å². The molecule has 12 heteroatoms. The van der Waals surface area contributed by atoms with E-state index in [-0.39, 0.29) is 11.9 Å². The van der Waals surface area contributed by atoms with E-state index >= 15 is 0 Å². The average Bonchev–Trinajstić information content (AvgIpc) is 3.03. The Hall–Kier alpha value is -3.44. The molecule has 0 atom stereocenters. The minimum Gasteiger partial charge on any atom is -0.368 e. The van der Waals surface area contributed by atoms with Crippen LogP contribution >= 0.6 is 46.8 Å². The van der Waals surface area contributed by atoms with E-state index in [2.05, 4.69) is 25.6 Å². The molecule has 0 aromatic heterocycles. The van der Waals surface area contributed by atoms with Gasteiger partial charge in [-0.2, -0.15) is 0 Å². The van der Waals surface area contributed by atoms with Gasteiger partial charge in [-0.3, -0.25) is 4.79 Å². The maximum Gasteiger partial charge on any atom is 0.322 e. The molecule has 1 heterocycles. The fourth-order valence-corrected chi connectivity index (χ4v) is 6.61. The Bertz CT molecular complexity index is 1610. The number of amides is 3. The van der Waals surface area contributed by atoms with Crippen molar-refractivity contribution in [3.05, 3.63) is 112 Å². The van der Waals surface area contributed by atoms with E-state index < -0.39 is 0 Å². The summed E-state index contributed by atoms with van der Waals surface area (Å²) < 4.78 is 2.15. The fraction of sp³-hybridized carbons (Fsp3) is 0.212. The minimum absolute atomic E-state index is 0.0689. The monoisotopic (exact) mass is 683 g/mol. The van der Waals surface area contributed by atoms with Crippen molar-refractivity contribution in [1.82, 2.24) is 9.21 Å². The van der Waals surface area contributed by atoms with Crippen LogP contribution in [-0.4, -0.2) is 53.9 Å². The van der Waals surface area contributed by atoms with Gasteiger partial charge in [0.25, 0.3) is 0 Å². The van der Waals surface area contributed by atoms with Crippen LogP contribution < -0.4 is 21.3 Å². The molecule has 5 rings (SSSR count). The first kappa shape index (κ1) is 32.9. The number of benzene rings is 4. The number of para-hydroxylation sites is 1. The molecule has 8 nitrogen and oxygen atoms in total. The van der Waals surface area contributed by atoms with E-state index in [0.717, 1.165) is 27.5 Å². The molecular formula is C33H34Cl3N6O2S+. The van der Waals surface area contributed by atoms with Crippen molar-refractivity contribution in [1.29, 1.82) is 0 Å². The first-order valence-electron chi connectivity index (χ1n) is 14.5. The van der Waals surface area contributed by atoms with Crippen molar-refractivity contribution in [2.24, 2.45) is 0 Å². The van der Waals surface area contributed by atoms with Gasteiger partial charge in [0.05, 0.1) is 20.6 Å². The topological polar surface area (TPSA) is 95.6 Å². The van der Waals surface area contributed by atoms with Crippen LogP contribution in [0.3, 0.4) is 0 Å². The summed E-state index contributed by atoms with van der Waals surface area (Å²) in [5, 5.41) is 7.33. The number of nitrogens with zero attached hydrogens (tertiary/aromatic N) is 3. The van der Waals surface area contributed by atoms with Gasteiger partial charge in [0.1, 0.15) is 5.69 Å². The van der Waals surface area contributed by atoms with Crippen molar-refractivity contribution in [3.63, 3.8) is 0 Å². The maximum atomic E-state index is 13.0. The van der Waals surface area contributed by atoms with Crippen molar-refractivity contribution >= 4 is 81.4 Å². The van der Waals surface area contributed by atoms with E-state index in [4.69, 9.17) is 34.8 Å². The quantitative estimate of drug-likeness (QED) is 0.151. The van der Waals surface area contributed by atoms with E-state index in [1.54, 1.807) is 35.0 Å². The molecule has 0 spiro atoms. The third-order valence-corrected chi connectivity index (χ3v) is 9.34. The highest BCUT2D eigenvalue weighted by atomic mass is 35.5. The van der Waals surface area contributed by atoms with Crippen LogP contribution in [-0.2, 0) is 11.3 Å². The lowest BCUT2D eigenvalue weighted by atomic mass is 10.2. The number of hydrogen-bond donors (Lipinski definition) is 3. The van der Waals surface area contributed by atoms with Crippen molar-refractivity contribution < 1.29 is 15.3 Å². The molecule has 1 saturated heterocycles. The van der Waals surface area contributed by atoms with Gasteiger partial charge >= 0.3 is 6.03 Å². The Morgan fingerprint density at radius 2 is 1.51 bits per heavy atom. The van der Waals surface area contributed by atoms with E-state index in [1.165, 1.54) is 0 Å². The zero-order valence-corrected chi connectivity index (χ0v) is 27.6. The fourth-order valence-electron chi connectivity index (χ4n) is 4.90. The molecule has 1 fully saturated rings. The molecule has 0 radical (unpaired) electrons. The largest absolute Gasteiger partial charge is 0.368 e. The lowest BCUT2D eigenvalue weighted by Gasteiger charge is -2.36. The lowest BCUT2D eigenvalue weighted by molar-refractivity contribution is -0.258. The second-order valence-electron chi connectivity index (χ2n) is 10.5. The number of carbonyl (C=O) groups excluding carboxylic acids is 2. The van der Waals surface area contributed by atoms with Gasteiger partial charge in [-0.1, -0.05) is 65.1 Å². The van der Waals surface area contributed by atoms with Gasteiger partial charge in [-0.15, -0.1) is 0 Å². The Labute approximate surface area is 282 Å². The highest BCUT2D eigenvalue weighted by molar-refractivity contribution is 7.97. The van der Waals surface area contributed by atoms with Crippen LogP contribution in [0.5, 0.6) is 0 Å². The second kappa shape index (κ2) is 15.7. The molecule has 3 amide bonds. The predicted octanol–water partition coefficient (Wildman–Crippen LogP) is 7.41. The van der Waals surface area contributed by atoms with E-state index in [9.17, 15) is 9.59 Å². The molecule has 4 aromatic carbocycles. The number of urea groups is 1. The van der Waals surface area contributed by atoms with Crippen LogP contribution in [0.15, 0.2) is 95.9 Å². The summed E-state index contributed by atoms with van der Waals surface area (Å²) in [5.41, 5.74) is 8.32. The number of nitrogens with one attached hydrogen (secondary N) is 2. The SMILES string of the molecule is [NH3+]c1ccccc1SN(CCC(=O)Nc1ccc(N2CCN(C(=O)Nc3c(Cl)cccc3Cl)CC2)cc1)Cc1cccc(Cl)c1. The Balaban J connectivity index is 1.12. The highest BCUT2D eigenvalue weighted by Crippen LogP contribution is 2.31. The lowest BCUT2D eigenvalue weighted by Crippen LogP contribution is -2.50. The van der Waals surface area contributed by atoms with Crippen molar-refractivity contribution in [2.75, 3.05) is 48.3 Å². The number of rotatable bonds is 10. The summed E-state index contributed by atoms with van der Waals surface area (Å²) in [4.78, 5) is 30.7. The molecule has 1 aliphatic rings. The molecule has 0 saturated carbocycles. The van der Waals surface area contributed by atoms with Gasteiger partial charge in [-0.05, 0) is 72.1 Å². The summed E-state index contributed by atoms with van der Waals surface area (Å²) in [6.07, 6.45) is 0.318. The summed E-state index contributed by atoms with van der Waals surface area (Å²) in [7, 11) is 0. The normalized spacial score (nSPS) is 13.2. The summed E-state index contributed by atoms with van der Waals surface area (Å²) in [6, 6.07) is 28.4. The van der Waals surface area contributed by atoms with Crippen LogP contribution in [0.25, 0.3) is 0 Å². The summed E-state index contributed by atoms with van der Waals surface area (Å²) in [5.74, 6) is -0.0689. The number of carbonyl (C=O) groups is 2. The first-order valence-corrected chi connectivity index (χ1v) is 16.4. The van der Waals surface area contributed by atoms with Gasteiger partial charge in [0, 0.05) is 68.2 Å². The van der Waals surface area contributed by atoms with Crippen LogP contribution in [0.1, 0.15) is 12.0 Å². The molecule has 5 N–H and O–H groups in total. The molecule has 4 aromatic rings. The number of hydrogen-bond acceptors (Lipinski definition) is 5. The molecule has 0 bridgehead atoms. The predicted molar refractivity (Wildman–Crippen MR) is 186 cm³/mol. The number of quaternary nitrogens is 1. The highest BCUT2D eigenvalue weighted by Gasteiger charge is 2.23. The van der Waals surface area contributed by atoms with Gasteiger partial charge < -0.3 is 26.2 Å².